The summed E-state index contributed by atoms with van der Waals surface area (Å²) < 4.78 is 0. The zero-order valence-corrected chi connectivity index (χ0v) is 11.7. The predicted molar refractivity (Wildman–Crippen MR) is 71.9 cm³/mol. The average Bonchev–Trinajstić information content (AvgIpc) is 2.34. The van der Waals surface area contributed by atoms with Gasteiger partial charge in [0.05, 0.1) is 6.61 Å². The van der Waals surface area contributed by atoms with Crippen LogP contribution in [0.5, 0.6) is 0 Å². The third kappa shape index (κ3) is 6.67. The van der Waals surface area contributed by atoms with Crippen LogP contribution in [0, 0.1) is 0 Å². The van der Waals surface area contributed by atoms with Crippen molar-refractivity contribution >= 4 is 5.91 Å². The van der Waals surface area contributed by atoms with Crippen molar-refractivity contribution < 1.29 is 9.90 Å². The van der Waals surface area contributed by atoms with Crippen LogP contribution in [-0.2, 0) is 4.79 Å². The number of carbonyl (C=O) groups is 1. The molecule has 0 aliphatic carbocycles. The Morgan fingerprint density at radius 2 is 1.76 bits per heavy atom. The maximum Gasteiger partial charge on any atom is 0.222 e. The van der Waals surface area contributed by atoms with E-state index >= 15 is 0 Å². The van der Waals surface area contributed by atoms with Crippen molar-refractivity contribution in [3.63, 3.8) is 0 Å². The number of carbonyl (C=O) groups excluding carboxylic acids is 1. The molecule has 3 heteroatoms. The highest BCUT2D eigenvalue weighted by molar-refractivity contribution is 5.76. The average molecular weight is 243 g/mol. The first-order valence-electron chi connectivity index (χ1n) is 7.11. The van der Waals surface area contributed by atoms with E-state index in [0.717, 1.165) is 25.7 Å². The molecular weight excluding hydrogens is 214 g/mol. The summed E-state index contributed by atoms with van der Waals surface area (Å²) in [7, 11) is 0. The minimum absolute atomic E-state index is 0.0667. The molecule has 0 aromatic carbocycles. The first-order valence-corrected chi connectivity index (χ1v) is 7.11. The monoisotopic (exact) mass is 243 g/mol. The first-order chi connectivity index (χ1) is 8.21. The second-order valence-corrected chi connectivity index (χ2v) is 4.59. The normalized spacial score (nSPS) is 10.9. The van der Waals surface area contributed by atoms with E-state index in [-0.39, 0.29) is 12.5 Å². The van der Waals surface area contributed by atoms with Crippen LogP contribution in [0.4, 0.5) is 0 Å². The Balaban J connectivity index is 4.13. The SMILES string of the molecule is CCCCCCC(=O)N(CCO)C(CC)CC. The number of amides is 1. The van der Waals surface area contributed by atoms with E-state index in [9.17, 15) is 4.79 Å². The first kappa shape index (κ1) is 16.4. The molecule has 0 atom stereocenters. The topological polar surface area (TPSA) is 40.5 Å². The highest BCUT2D eigenvalue weighted by atomic mass is 16.3. The summed E-state index contributed by atoms with van der Waals surface area (Å²) >= 11 is 0. The van der Waals surface area contributed by atoms with E-state index in [1.807, 2.05) is 4.90 Å². The molecule has 0 unspecified atom stereocenters. The van der Waals surface area contributed by atoms with Crippen LogP contribution in [0.25, 0.3) is 0 Å². The Morgan fingerprint density at radius 3 is 2.24 bits per heavy atom. The van der Waals surface area contributed by atoms with E-state index in [4.69, 9.17) is 5.11 Å². The lowest BCUT2D eigenvalue weighted by atomic mass is 10.1. The maximum absolute atomic E-state index is 12.1. The number of aliphatic hydroxyl groups excluding tert-OH is 1. The van der Waals surface area contributed by atoms with E-state index in [0.29, 0.717) is 19.0 Å². The fourth-order valence-electron chi connectivity index (χ4n) is 2.19. The summed E-state index contributed by atoms with van der Waals surface area (Å²) in [5.41, 5.74) is 0. The fraction of sp³-hybridized carbons (Fsp3) is 0.929. The highest BCUT2D eigenvalue weighted by Crippen LogP contribution is 2.12. The van der Waals surface area contributed by atoms with Crippen molar-refractivity contribution in [2.24, 2.45) is 0 Å². The molecule has 0 aromatic rings. The molecule has 0 aliphatic rings. The number of aliphatic hydroxyl groups is 1. The number of unbranched alkanes of at least 4 members (excludes halogenated alkanes) is 3. The van der Waals surface area contributed by atoms with Crippen molar-refractivity contribution in [3.05, 3.63) is 0 Å². The summed E-state index contributed by atoms with van der Waals surface area (Å²) in [4.78, 5) is 13.9. The molecule has 0 spiro atoms. The Kier molecular flexibility index (Phi) is 10.2. The molecule has 0 bridgehead atoms. The van der Waals surface area contributed by atoms with Crippen LogP contribution < -0.4 is 0 Å². The van der Waals surface area contributed by atoms with Gasteiger partial charge in [0.1, 0.15) is 0 Å². The third-order valence-electron chi connectivity index (χ3n) is 3.29. The Bertz CT molecular complexity index is 191. The smallest absolute Gasteiger partial charge is 0.222 e. The molecule has 1 amide bonds. The maximum atomic E-state index is 12.1. The van der Waals surface area contributed by atoms with Gasteiger partial charge >= 0.3 is 0 Å². The van der Waals surface area contributed by atoms with Crippen LogP contribution in [-0.4, -0.2) is 35.1 Å². The van der Waals surface area contributed by atoms with E-state index in [2.05, 4.69) is 20.8 Å². The van der Waals surface area contributed by atoms with Crippen molar-refractivity contribution in [1.82, 2.24) is 4.90 Å². The van der Waals surface area contributed by atoms with Gasteiger partial charge < -0.3 is 10.0 Å². The van der Waals surface area contributed by atoms with Crippen LogP contribution in [0.15, 0.2) is 0 Å². The van der Waals surface area contributed by atoms with Crippen molar-refractivity contribution in [3.8, 4) is 0 Å². The summed E-state index contributed by atoms with van der Waals surface area (Å²) in [6.45, 7) is 6.92. The quantitative estimate of drug-likeness (QED) is 0.599. The van der Waals surface area contributed by atoms with Gasteiger partial charge in [-0.15, -0.1) is 0 Å². The van der Waals surface area contributed by atoms with E-state index < -0.39 is 0 Å². The molecule has 0 radical (unpaired) electrons. The minimum Gasteiger partial charge on any atom is -0.395 e. The molecule has 0 aromatic heterocycles. The molecule has 0 rings (SSSR count). The summed E-state index contributed by atoms with van der Waals surface area (Å²) in [6, 6.07) is 0.292. The molecule has 1 N–H and O–H groups in total. The Morgan fingerprint density at radius 1 is 1.12 bits per heavy atom. The lowest BCUT2D eigenvalue weighted by Gasteiger charge is -2.30. The fourth-order valence-corrected chi connectivity index (χ4v) is 2.19. The van der Waals surface area contributed by atoms with Gasteiger partial charge in [0, 0.05) is 19.0 Å². The van der Waals surface area contributed by atoms with Crippen LogP contribution in [0.1, 0.15) is 65.7 Å². The number of hydrogen-bond donors (Lipinski definition) is 1. The standard InChI is InChI=1S/C14H29NO2/c1-4-7-8-9-10-14(17)15(11-12-16)13(5-2)6-3/h13,16H,4-12H2,1-3H3. The number of nitrogens with zero attached hydrogens (tertiary/aromatic N) is 1. The molecule has 3 nitrogen and oxygen atoms in total. The van der Waals surface area contributed by atoms with Gasteiger partial charge in [-0.05, 0) is 19.3 Å². The lowest BCUT2D eigenvalue weighted by molar-refractivity contribution is -0.134. The molecule has 0 heterocycles. The Labute approximate surface area is 106 Å². The Hall–Kier alpha value is -0.570. The van der Waals surface area contributed by atoms with Crippen molar-refractivity contribution in [2.45, 2.75) is 71.8 Å². The summed E-state index contributed by atoms with van der Waals surface area (Å²) in [5.74, 6) is 0.212. The van der Waals surface area contributed by atoms with Gasteiger partial charge in [-0.25, -0.2) is 0 Å². The zero-order valence-electron chi connectivity index (χ0n) is 11.7. The van der Waals surface area contributed by atoms with Gasteiger partial charge in [-0.1, -0.05) is 40.0 Å². The zero-order chi connectivity index (χ0) is 13.1. The molecule has 0 saturated heterocycles. The summed E-state index contributed by atoms with van der Waals surface area (Å²) in [6.07, 6.45) is 7.09. The number of rotatable bonds is 10. The van der Waals surface area contributed by atoms with Crippen molar-refractivity contribution in [1.29, 1.82) is 0 Å². The second-order valence-electron chi connectivity index (χ2n) is 4.59. The predicted octanol–water partition coefficient (Wildman–Crippen LogP) is 2.97. The highest BCUT2D eigenvalue weighted by Gasteiger charge is 2.19. The largest absolute Gasteiger partial charge is 0.395 e. The molecule has 0 saturated carbocycles. The van der Waals surface area contributed by atoms with Crippen LogP contribution in [0.2, 0.25) is 0 Å². The molecular formula is C14H29NO2. The number of hydrogen-bond acceptors (Lipinski definition) is 2. The van der Waals surface area contributed by atoms with Gasteiger partial charge in [-0.3, -0.25) is 4.79 Å². The van der Waals surface area contributed by atoms with Gasteiger partial charge in [0.15, 0.2) is 0 Å². The van der Waals surface area contributed by atoms with Crippen LogP contribution in [0.3, 0.4) is 0 Å². The van der Waals surface area contributed by atoms with Gasteiger partial charge in [-0.2, -0.15) is 0 Å². The molecule has 17 heavy (non-hydrogen) atoms. The third-order valence-corrected chi connectivity index (χ3v) is 3.29. The lowest BCUT2D eigenvalue weighted by Crippen LogP contribution is -2.41. The van der Waals surface area contributed by atoms with Crippen molar-refractivity contribution in [2.75, 3.05) is 13.2 Å². The molecule has 0 fully saturated rings. The van der Waals surface area contributed by atoms with E-state index in [1.165, 1.54) is 12.8 Å². The van der Waals surface area contributed by atoms with E-state index in [1.54, 1.807) is 0 Å². The van der Waals surface area contributed by atoms with Gasteiger partial charge in [0.2, 0.25) is 5.91 Å². The summed E-state index contributed by atoms with van der Waals surface area (Å²) in [5, 5.41) is 9.04. The minimum atomic E-state index is 0.0667. The second kappa shape index (κ2) is 10.6. The van der Waals surface area contributed by atoms with Gasteiger partial charge in [0.25, 0.3) is 0 Å². The molecule has 102 valence electrons. The molecule has 0 aliphatic heterocycles. The van der Waals surface area contributed by atoms with Crippen LogP contribution >= 0.6 is 0 Å².